The van der Waals surface area contributed by atoms with Gasteiger partial charge in [-0.1, -0.05) is 24.4 Å². The molecule has 0 unspecified atom stereocenters. The van der Waals surface area contributed by atoms with E-state index in [1.807, 2.05) is 0 Å². The smallest absolute Gasteiger partial charge is 0.112 e. The lowest BCUT2D eigenvalue weighted by atomic mass is 10.1. The molecule has 0 aromatic heterocycles. The van der Waals surface area contributed by atoms with Gasteiger partial charge in [0.15, 0.2) is 0 Å². The van der Waals surface area contributed by atoms with Crippen LogP contribution in [0.4, 0.5) is 0 Å². The van der Waals surface area contributed by atoms with E-state index in [4.69, 9.17) is 40.9 Å². The maximum absolute atomic E-state index is 8.83. The lowest BCUT2D eigenvalue weighted by Crippen LogP contribution is -2.39. The van der Waals surface area contributed by atoms with Gasteiger partial charge in [-0.3, -0.25) is 0 Å². The Kier molecular flexibility index (Phi) is 13.9. The molecule has 0 aromatic rings. The highest BCUT2D eigenvalue weighted by Gasteiger charge is 2.22. The molecule has 6 atom stereocenters. The van der Waals surface area contributed by atoms with Crippen molar-refractivity contribution in [1.29, 1.82) is 0 Å². The van der Waals surface area contributed by atoms with Crippen molar-refractivity contribution in [3.63, 3.8) is 0 Å². The molecule has 0 aliphatic heterocycles. The first-order valence-corrected chi connectivity index (χ1v) is 6.41. The van der Waals surface area contributed by atoms with Crippen LogP contribution in [-0.4, -0.2) is 101 Å². The first kappa shape index (κ1) is 22.1. The first-order valence-electron chi connectivity index (χ1n) is 5.47. The molecule has 0 bridgehead atoms. The van der Waals surface area contributed by atoms with Gasteiger partial charge in [0.25, 0.3) is 0 Å². The molecule has 0 rings (SSSR count). The van der Waals surface area contributed by atoms with Crippen LogP contribution in [0.25, 0.3) is 0 Å². The molecule has 8 N–H and O–H groups in total. The molecule has 0 amide bonds. The Morgan fingerprint density at radius 3 is 1.05 bits per heavy atom. The molecule has 0 spiro atoms. The molecule has 0 aliphatic carbocycles. The summed E-state index contributed by atoms with van der Waals surface area (Å²) in [5.74, 6) is 0. The van der Waals surface area contributed by atoms with Crippen LogP contribution in [0.2, 0.25) is 0 Å². The summed E-state index contributed by atoms with van der Waals surface area (Å²) in [6.45, 7) is -1.19. The molecule has 20 heavy (non-hydrogen) atoms. The standard InChI is InChI=1S/2C5H10O4S/c2*6-1-3(7)5(9)4(8)2-10/h2*2-9H,1H2/t3-,4+,5-;3-,4-,5+/m11/s1. The minimum absolute atomic E-state index is 0.596. The molecule has 0 saturated carbocycles. The SMILES string of the molecule is OC[C@@H](O)[C@@H](O)[C@@H](O)C=S.OC[C@@H](O)[C@H](O)[C@H](O)C=S. The Morgan fingerprint density at radius 2 is 0.900 bits per heavy atom. The van der Waals surface area contributed by atoms with Gasteiger partial charge in [-0.25, -0.2) is 0 Å². The number of rotatable bonds is 8. The highest BCUT2D eigenvalue weighted by atomic mass is 32.1. The molecular formula is C10H20O8S2. The minimum Gasteiger partial charge on any atom is -0.394 e. The molecule has 0 fully saturated rings. The summed E-state index contributed by atoms with van der Waals surface area (Å²) in [4.78, 5) is 0. The molecule has 0 saturated heterocycles. The Hall–Kier alpha value is -0.140. The van der Waals surface area contributed by atoms with E-state index in [9.17, 15) is 0 Å². The van der Waals surface area contributed by atoms with Gasteiger partial charge in [0.05, 0.1) is 13.2 Å². The number of thiocarbonyl (C=S) groups is 2. The zero-order valence-electron chi connectivity index (χ0n) is 10.4. The van der Waals surface area contributed by atoms with E-state index in [2.05, 4.69) is 24.4 Å². The topological polar surface area (TPSA) is 162 Å². The maximum Gasteiger partial charge on any atom is 0.112 e. The molecule has 120 valence electrons. The predicted octanol–water partition coefficient (Wildman–Crippen LogP) is -3.88. The van der Waals surface area contributed by atoms with Gasteiger partial charge in [0, 0.05) is 10.7 Å². The Morgan fingerprint density at radius 1 is 0.650 bits per heavy atom. The fourth-order valence-corrected chi connectivity index (χ4v) is 1.15. The van der Waals surface area contributed by atoms with Gasteiger partial charge in [0.2, 0.25) is 0 Å². The quantitative estimate of drug-likeness (QED) is 0.206. The van der Waals surface area contributed by atoms with Crippen molar-refractivity contribution in [2.45, 2.75) is 36.6 Å². The van der Waals surface area contributed by atoms with Crippen LogP contribution in [-0.2, 0) is 0 Å². The molecule has 8 nitrogen and oxygen atoms in total. The Bertz CT molecular complexity index is 242. The summed E-state index contributed by atoms with van der Waals surface area (Å²) in [6.07, 6.45) is -8.01. The summed E-state index contributed by atoms with van der Waals surface area (Å²) in [6, 6.07) is 0. The van der Waals surface area contributed by atoms with E-state index in [0.717, 1.165) is 10.7 Å². The van der Waals surface area contributed by atoms with Crippen LogP contribution in [0.5, 0.6) is 0 Å². The molecule has 0 heterocycles. The predicted molar refractivity (Wildman–Crippen MR) is 77.5 cm³/mol. The van der Waals surface area contributed by atoms with E-state index >= 15 is 0 Å². The van der Waals surface area contributed by atoms with Crippen LogP contribution in [0, 0.1) is 0 Å². The van der Waals surface area contributed by atoms with Crippen LogP contribution in [0.3, 0.4) is 0 Å². The molecular weight excluding hydrogens is 312 g/mol. The van der Waals surface area contributed by atoms with Crippen molar-refractivity contribution < 1.29 is 40.9 Å². The Balaban J connectivity index is 0. The van der Waals surface area contributed by atoms with Crippen molar-refractivity contribution in [3.05, 3.63) is 0 Å². The highest BCUT2D eigenvalue weighted by Crippen LogP contribution is 1.97. The second-order valence-corrected chi connectivity index (χ2v) is 4.28. The fourth-order valence-electron chi connectivity index (χ4n) is 0.832. The number of aliphatic hydroxyl groups is 8. The van der Waals surface area contributed by atoms with Gasteiger partial charge in [-0.15, -0.1) is 0 Å². The molecule has 0 radical (unpaired) electrons. The summed E-state index contributed by atoms with van der Waals surface area (Å²) in [5.41, 5.74) is 0. The Labute approximate surface area is 126 Å². The van der Waals surface area contributed by atoms with Crippen molar-refractivity contribution in [2.24, 2.45) is 0 Å². The number of hydrogen-bond donors (Lipinski definition) is 8. The summed E-state index contributed by atoms with van der Waals surface area (Å²) < 4.78 is 0. The van der Waals surface area contributed by atoms with E-state index in [-0.39, 0.29) is 0 Å². The molecule has 0 aromatic carbocycles. The van der Waals surface area contributed by atoms with Gasteiger partial charge >= 0.3 is 0 Å². The average Bonchev–Trinajstić information content (AvgIpc) is 2.50. The largest absolute Gasteiger partial charge is 0.394 e. The third-order valence-corrected chi connectivity index (χ3v) is 2.70. The van der Waals surface area contributed by atoms with Crippen LogP contribution in [0.15, 0.2) is 0 Å². The van der Waals surface area contributed by atoms with Gasteiger partial charge < -0.3 is 40.9 Å². The number of hydrogen-bond acceptors (Lipinski definition) is 10. The highest BCUT2D eigenvalue weighted by molar-refractivity contribution is 7.79. The zero-order valence-corrected chi connectivity index (χ0v) is 12.1. The third-order valence-electron chi connectivity index (χ3n) is 2.14. The minimum atomic E-state index is -1.40. The zero-order chi connectivity index (χ0) is 16.3. The van der Waals surface area contributed by atoms with Gasteiger partial charge in [0.1, 0.15) is 36.6 Å². The van der Waals surface area contributed by atoms with Crippen molar-refractivity contribution in [1.82, 2.24) is 0 Å². The van der Waals surface area contributed by atoms with E-state index in [1.54, 1.807) is 0 Å². The van der Waals surface area contributed by atoms with Crippen molar-refractivity contribution in [2.75, 3.05) is 13.2 Å². The lowest BCUT2D eigenvalue weighted by Gasteiger charge is -2.17. The van der Waals surface area contributed by atoms with Gasteiger partial charge in [-0.2, -0.15) is 0 Å². The van der Waals surface area contributed by atoms with Crippen LogP contribution < -0.4 is 0 Å². The van der Waals surface area contributed by atoms with E-state index < -0.39 is 49.8 Å². The van der Waals surface area contributed by atoms with Gasteiger partial charge in [-0.05, 0) is 0 Å². The second kappa shape index (κ2) is 12.6. The summed E-state index contributed by atoms with van der Waals surface area (Å²) in [5, 5.41) is 71.0. The van der Waals surface area contributed by atoms with Crippen molar-refractivity contribution in [3.8, 4) is 0 Å². The maximum atomic E-state index is 8.83. The van der Waals surface area contributed by atoms with Crippen LogP contribution in [0.1, 0.15) is 0 Å². The lowest BCUT2D eigenvalue weighted by molar-refractivity contribution is -0.0536. The average molecular weight is 332 g/mol. The normalized spacial score (nSPS) is 19.6. The summed E-state index contributed by atoms with van der Waals surface area (Å²) in [7, 11) is 0. The fraction of sp³-hybridized carbons (Fsp3) is 0.800. The van der Waals surface area contributed by atoms with E-state index in [1.165, 1.54) is 0 Å². The first-order chi connectivity index (χ1) is 9.26. The number of aliphatic hydroxyl groups excluding tert-OH is 8. The molecule has 0 aliphatic rings. The molecule has 10 heteroatoms. The third kappa shape index (κ3) is 8.92. The van der Waals surface area contributed by atoms with Crippen LogP contribution >= 0.6 is 24.4 Å². The van der Waals surface area contributed by atoms with Crippen molar-refractivity contribution >= 4 is 35.2 Å². The van der Waals surface area contributed by atoms with E-state index in [0.29, 0.717) is 0 Å². The second-order valence-electron chi connectivity index (χ2n) is 3.73. The monoisotopic (exact) mass is 332 g/mol. The summed E-state index contributed by atoms with van der Waals surface area (Å²) >= 11 is 8.58.